The highest BCUT2D eigenvalue weighted by Crippen LogP contribution is 2.33. The second-order valence-electron chi connectivity index (χ2n) is 16.7. The van der Waals surface area contributed by atoms with Crippen molar-refractivity contribution in [3.05, 3.63) is 102 Å². The van der Waals surface area contributed by atoms with Gasteiger partial charge in [-0.3, -0.25) is 19.2 Å². The first kappa shape index (κ1) is 46.0. The first-order valence-corrected chi connectivity index (χ1v) is 23.8. The normalized spacial score (nSPS) is 14.8. The molecule has 0 radical (unpaired) electrons. The monoisotopic (exact) mass is 1030 g/mol. The highest BCUT2D eigenvalue weighted by molar-refractivity contribution is 14.1. The summed E-state index contributed by atoms with van der Waals surface area (Å²) >= 11 is 16.1. The Morgan fingerprint density at radius 2 is 1.28 bits per heavy atom. The molecule has 16 nitrogen and oxygen atoms in total. The molecule has 4 aromatic heterocycles. The van der Waals surface area contributed by atoms with Gasteiger partial charge in [-0.05, 0) is 80.1 Å². The summed E-state index contributed by atoms with van der Waals surface area (Å²) in [5.74, 6) is 2.00. The number of pyridine rings is 2. The molecule has 0 spiro atoms. The van der Waals surface area contributed by atoms with Crippen LogP contribution in [0.4, 0.5) is 34.9 Å². The van der Waals surface area contributed by atoms with Crippen molar-refractivity contribution in [2.45, 2.75) is 62.3 Å². The number of carbonyl (C=O) groups is 2. The van der Waals surface area contributed by atoms with Crippen molar-refractivity contribution in [3.63, 3.8) is 0 Å². The number of nitrogens with zero attached hydrogens (tertiary/aromatic N) is 8. The maximum Gasteiger partial charge on any atom is 0.254 e. The highest BCUT2D eigenvalue weighted by Gasteiger charge is 2.24. The zero-order valence-electron chi connectivity index (χ0n) is 36.7. The van der Waals surface area contributed by atoms with Crippen LogP contribution in [0.2, 0.25) is 10.0 Å². The van der Waals surface area contributed by atoms with Crippen molar-refractivity contribution >= 4 is 114 Å². The first-order valence-electron chi connectivity index (χ1n) is 21.8. The number of aryl methyl sites for hydroxylation is 2. The number of likely N-dealkylation sites (N-methyl/N-ethyl adjacent to an activating group) is 1. The lowest BCUT2D eigenvalue weighted by Gasteiger charge is -2.31. The highest BCUT2D eigenvalue weighted by atomic mass is 127. The molecule has 0 aliphatic carbocycles. The zero-order valence-corrected chi connectivity index (χ0v) is 40.4. The van der Waals surface area contributed by atoms with Crippen LogP contribution in [-0.2, 0) is 43.1 Å². The van der Waals surface area contributed by atoms with E-state index in [2.05, 4.69) is 65.6 Å². The maximum atomic E-state index is 13.7. The number of carbonyl (C=O) groups excluding carboxylic acids is 2. The second-order valence-corrected chi connectivity index (χ2v) is 19.2. The number of anilines is 6. The third kappa shape index (κ3) is 10.3. The molecule has 6 aromatic rings. The van der Waals surface area contributed by atoms with E-state index in [1.54, 1.807) is 32.4 Å². The van der Waals surface area contributed by atoms with Crippen molar-refractivity contribution < 1.29 is 9.59 Å². The van der Waals surface area contributed by atoms with Crippen LogP contribution in [0, 0.1) is 5.92 Å². The van der Waals surface area contributed by atoms with Crippen LogP contribution in [0.1, 0.15) is 55.8 Å². The van der Waals surface area contributed by atoms with E-state index in [1.165, 1.54) is 22.6 Å². The van der Waals surface area contributed by atoms with Gasteiger partial charge in [0.2, 0.25) is 23.7 Å². The number of nitrogens with one attached hydrogen (secondary N) is 4. The van der Waals surface area contributed by atoms with Gasteiger partial charge in [0.1, 0.15) is 10.0 Å². The van der Waals surface area contributed by atoms with E-state index in [-0.39, 0.29) is 47.3 Å². The Kier molecular flexibility index (Phi) is 14.1. The topological polar surface area (TPSA) is 184 Å². The number of amides is 2. The van der Waals surface area contributed by atoms with Crippen molar-refractivity contribution in [2.24, 2.45) is 20.0 Å². The number of halogens is 3. The van der Waals surface area contributed by atoms with E-state index < -0.39 is 0 Å². The number of fused-ring (bicyclic) bond motifs is 2. The van der Waals surface area contributed by atoms with Crippen LogP contribution in [0.5, 0.6) is 0 Å². The molecule has 2 saturated heterocycles. The van der Waals surface area contributed by atoms with Gasteiger partial charge in [0.05, 0.1) is 42.3 Å². The lowest BCUT2D eigenvalue weighted by Crippen LogP contribution is -2.35. The average molecular weight is 1030 g/mol. The fraction of sp³-hybridized carbons (Fsp3) is 0.391. The van der Waals surface area contributed by atoms with Crippen LogP contribution < -0.4 is 42.2 Å². The molecule has 2 fully saturated rings. The predicted octanol–water partition coefficient (Wildman–Crippen LogP) is 6.94. The van der Waals surface area contributed by atoms with E-state index >= 15 is 0 Å². The van der Waals surface area contributed by atoms with Crippen LogP contribution in [0.3, 0.4) is 0 Å². The molecule has 0 unspecified atom stereocenters. The Labute approximate surface area is 399 Å². The largest absolute Gasteiger partial charge is 0.359 e. The number of hydrogen-bond acceptors (Lipinski definition) is 12. The number of aromatic nitrogens is 6. The van der Waals surface area contributed by atoms with Crippen molar-refractivity contribution in [3.8, 4) is 0 Å². The first-order chi connectivity index (χ1) is 31.3. The molecule has 6 heterocycles. The lowest BCUT2D eigenvalue weighted by atomic mass is 9.95. The molecule has 0 bridgehead atoms. The molecular weight excluding hydrogens is 982 g/mol. The minimum Gasteiger partial charge on any atom is -0.359 e. The third-order valence-electron chi connectivity index (χ3n) is 12.4. The van der Waals surface area contributed by atoms with Gasteiger partial charge in [-0.15, -0.1) is 0 Å². The number of alkyl halides is 1. The summed E-state index contributed by atoms with van der Waals surface area (Å²) in [5.41, 5.74) is 3.31. The summed E-state index contributed by atoms with van der Waals surface area (Å²) < 4.78 is 3.61. The third-order valence-corrected chi connectivity index (χ3v) is 14.3. The van der Waals surface area contributed by atoms with Gasteiger partial charge >= 0.3 is 0 Å². The summed E-state index contributed by atoms with van der Waals surface area (Å²) in [6, 6.07) is 14.6. The fourth-order valence-corrected chi connectivity index (χ4v) is 9.36. The van der Waals surface area contributed by atoms with E-state index in [1.807, 2.05) is 36.4 Å². The van der Waals surface area contributed by atoms with Crippen LogP contribution in [0.15, 0.2) is 64.3 Å². The molecule has 8 rings (SSSR count). The molecule has 65 heavy (non-hydrogen) atoms. The van der Waals surface area contributed by atoms with E-state index in [0.717, 1.165) is 68.6 Å². The van der Waals surface area contributed by atoms with Gasteiger partial charge < -0.3 is 40.2 Å². The van der Waals surface area contributed by atoms with Gasteiger partial charge in [-0.2, -0.15) is 9.97 Å². The Bertz CT molecular complexity index is 2910. The smallest absolute Gasteiger partial charge is 0.254 e. The van der Waals surface area contributed by atoms with Crippen LogP contribution >= 0.6 is 45.8 Å². The van der Waals surface area contributed by atoms with Crippen molar-refractivity contribution in [1.82, 2.24) is 39.7 Å². The van der Waals surface area contributed by atoms with Gasteiger partial charge in [0.25, 0.3) is 11.1 Å². The van der Waals surface area contributed by atoms with Crippen LogP contribution in [-0.4, -0.2) is 78.0 Å². The molecule has 2 aromatic carbocycles. The van der Waals surface area contributed by atoms with Crippen molar-refractivity contribution in [1.29, 1.82) is 0 Å². The van der Waals surface area contributed by atoms with E-state index in [0.29, 0.717) is 71.7 Å². The molecule has 4 N–H and O–H groups in total. The summed E-state index contributed by atoms with van der Waals surface area (Å²) in [6.45, 7) is 5.51. The maximum absolute atomic E-state index is 13.7. The Morgan fingerprint density at radius 3 is 1.86 bits per heavy atom. The molecule has 19 heteroatoms. The fourth-order valence-electron chi connectivity index (χ4n) is 8.47. The minimum absolute atomic E-state index is 0.0203. The number of benzene rings is 2. The van der Waals surface area contributed by atoms with Gasteiger partial charge in [-0.25, -0.2) is 9.97 Å². The molecule has 0 saturated carbocycles. The summed E-state index contributed by atoms with van der Waals surface area (Å²) in [4.78, 5) is 75.7. The zero-order chi connectivity index (χ0) is 45.9. The summed E-state index contributed by atoms with van der Waals surface area (Å²) in [6.07, 6.45) is 6.70. The summed E-state index contributed by atoms with van der Waals surface area (Å²) in [7, 11) is 4.90. The molecule has 2 aliphatic heterocycles. The van der Waals surface area contributed by atoms with Gasteiger partial charge in [-0.1, -0.05) is 59.1 Å². The average Bonchev–Trinajstić information content (AvgIpc) is 3.31. The van der Waals surface area contributed by atoms with E-state index in [4.69, 9.17) is 38.2 Å². The minimum atomic E-state index is -0.386. The van der Waals surface area contributed by atoms with Crippen molar-refractivity contribution in [2.75, 3.05) is 53.7 Å². The Balaban J connectivity index is 1.01. The molecular formula is C46H51Cl2IN12O4. The predicted molar refractivity (Wildman–Crippen MR) is 267 cm³/mol. The van der Waals surface area contributed by atoms with Gasteiger partial charge in [0, 0.05) is 84.5 Å². The van der Waals surface area contributed by atoms with E-state index in [9.17, 15) is 19.2 Å². The molecule has 0 atom stereocenters. The number of rotatable bonds is 13. The molecule has 2 aliphatic rings. The quantitative estimate of drug-likeness (QED) is 0.0692. The number of piperidine rings is 2. The Morgan fingerprint density at radius 1 is 0.738 bits per heavy atom. The summed E-state index contributed by atoms with van der Waals surface area (Å²) in [5, 5.41) is 14.3. The molecule has 2 amide bonds. The SMILES string of the molecule is CCC1CCN(c2ncc(Cl)c(Nc3ccc4c(c3)cc(CC(=O)NCc3nc(N5CCC(I)CC5)nc(Nc5ccc6c(c5)cc(CC(=O)NC)c(=O)n6C)c3Cl)c(=O)n4C)n2)CC1. The lowest BCUT2D eigenvalue weighted by molar-refractivity contribution is -0.121. The Hall–Kier alpha value is -5.53. The molecule has 340 valence electrons. The second kappa shape index (κ2) is 19.9. The standard InChI is InChI=1S/C46H51Cl2IN12O4/c1-5-26-10-14-60(15-11-26)45-52-24-34(47)41(56-45)53-32-6-8-36-28(20-32)19-30(44(65)59(36)4)23-39(63)51-25-35-40(48)42(57-46(55-35)61-16-12-31(49)13-17-61)54-33-7-9-37-27(21-33)18-29(22-38(62)50-2)43(64)58(37)3/h6-9,18-21,24,26,31H,5,10-17,22-23,25H2,1-4H3,(H,50,62)(H,51,63)(H,52,53,56)(H,54,55,57). The van der Waals surface area contributed by atoms with Gasteiger partial charge in [0.15, 0.2) is 11.6 Å². The van der Waals surface area contributed by atoms with Crippen LogP contribution in [0.25, 0.3) is 21.8 Å². The number of hydrogen-bond donors (Lipinski definition) is 4.